The zero-order valence-corrected chi connectivity index (χ0v) is 13.9. The first-order valence-corrected chi connectivity index (χ1v) is 8.60. The van der Waals surface area contributed by atoms with E-state index in [2.05, 4.69) is 13.8 Å². The normalized spacial score (nSPS) is 12.2. The fourth-order valence-corrected chi connectivity index (χ4v) is 3.35. The molecule has 0 aliphatic rings. The first-order valence-electron chi connectivity index (χ1n) is 6.38. The molecule has 2 aromatic rings. The number of hydrogen-bond acceptors (Lipinski definition) is 7. The summed E-state index contributed by atoms with van der Waals surface area (Å²) in [4.78, 5) is 4.04. The number of nitrogens with zero attached hydrogens (tertiary/aromatic N) is 3. The predicted molar refractivity (Wildman–Crippen MR) is 83.8 cm³/mol. The lowest BCUT2D eigenvalue weighted by molar-refractivity contribution is 0.325. The van der Waals surface area contributed by atoms with Gasteiger partial charge in [-0.15, -0.1) is 4.40 Å². The number of benzene rings is 1. The van der Waals surface area contributed by atoms with Crippen molar-refractivity contribution in [2.75, 3.05) is 13.7 Å². The van der Waals surface area contributed by atoms with Crippen LogP contribution in [0, 0.1) is 0 Å². The van der Waals surface area contributed by atoms with E-state index in [9.17, 15) is 8.42 Å². The van der Waals surface area contributed by atoms with E-state index >= 15 is 0 Å². The molecule has 0 saturated heterocycles. The van der Waals surface area contributed by atoms with Crippen molar-refractivity contribution in [3.63, 3.8) is 0 Å². The molecule has 0 spiro atoms. The molecule has 118 valence electrons. The lowest BCUT2D eigenvalue weighted by Gasteiger charge is -2.01. The number of aromatic nitrogens is 2. The van der Waals surface area contributed by atoms with Crippen molar-refractivity contribution >= 4 is 27.5 Å². The van der Waals surface area contributed by atoms with Crippen molar-refractivity contribution in [3.05, 3.63) is 24.3 Å². The maximum Gasteiger partial charge on any atom is 0.314 e. The second-order valence-electron chi connectivity index (χ2n) is 4.13. The molecule has 9 heteroatoms. The van der Waals surface area contributed by atoms with Crippen LogP contribution in [0.1, 0.15) is 13.8 Å². The summed E-state index contributed by atoms with van der Waals surface area (Å²) in [7, 11) is -2.36. The number of rotatable bonds is 5. The number of hydrogen-bond donors (Lipinski definition) is 0. The summed E-state index contributed by atoms with van der Waals surface area (Å²) in [5.74, 6) is 1.02. The van der Waals surface area contributed by atoms with Gasteiger partial charge in [-0.1, -0.05) is 12.1 Å². The van der Waals surface area contributed by atoms with Crippen LogP contribution in [-0.2, 0) is 14.8 Å². The van der Waals surface area contributed by atoms with Crippen LogP contribution in [0.2, 0.25) is 0 Å². The van der Waals surface area contributed by atoms with Crippen LogP contribution in [0.5, 0.6) is 5.75 Å². The molecule has 1 heterocycles. The van der Waals surface area contributed by atoms with E-state index in [1.165, 1.54) is 6.92 Å². The molecule has 1 aromatic carbocycles. The Balaban J connectivity index is 2.33. The summed E-state index contributed by atoms with van der Waals surface area (Å²) < 4.78 is 41.8. The molecular weight excluding hydrogens is 326 g/mol. The van der Waals surface area contributed by atoms with E-state index < -0.39 is 10.0 Å². The van der Waals surface area contributed by atoms with Crippen LogP contribution in [0.15, 0.2) is 33.0 Å². The molecule has 0 atom stereocenters. The first kappa shape index (κ1) is 16.4. The van der Waals surface area contributed by atoms with Crippen molar-refractivity contribution in [1.29, 1.82) is 0 Å². The Hall–Kier alpha value is -2.00. The molecule has 1 aromatic heterocycles. The molecule has 0 aliphatic heterocycles. The number of methoxy groups -OCH3 is 1. The van der Waals surface area contributed by atoms with Gasteiger partial charge in [0.2, 0.25) is 0 Å². The van der Waals surface area contributed by atoms with Gasteiger partial charge < -0.3 is 9.47 Å². The van der Waals surface area contributed by atoms with E-state index in [0.717, 1.165) is 11.5 Å². The molecule has 7 nitrogen and oxygen atoms in total. The van der Waals surface area contributed by atoms with Gasteiger partial charge in [-0.2, -0.15) is 12.8 Å². The van der Waals surface area contributed by atoms with Gasteiger partial charge in [-0.05, 0) is 19.1 Å². The van der Waals surface area contributed by atoms with Crippen LogP contribution in [0.25, 0.3) is 11.4 Å². The summed E-state index contributed by atoms with van der Waals surface area (Å²) in [6.45, 7) is 3.57. The van der Waals surface area contributed by atoms with Crippen molar-refractivity contribution in [1.82, 2.24) is 9.36 Å². The molecule has 22 heavy (non-hydrogen) atoms. The summed E-state index contributed by atoms with van der Waals surface area (Å²) in [5, 5.41) is 0. The van der Waals surface area contributed by atoms with Crippen molar-refractivity contribution in [2.24, 2.45) is 4.40 Å². The molecule has 0 amide bonds. The number of ether oxygens (including phenoxy) is 2. The fourth-order valence-electron chi connectivity index (χ4n) is 1.64. The van der Waals surface area contributed by atoms with Gasteiger partial charge in [-0.3, -0.25) is 0 Å². The summed E-state index contributed by atoms with van der Waals surface area (Å²) in [6, 6.07) is 7.06. The lowest BCUT2D eigenvalue weighted by Crippen LogP contribution is -2.05. The Labute approximate surface area is 132 Å². The third-order valence-corrected chi connectivity index (χ3v) is 4.96. The molecule has 0 radical (unpaired) electrons. The second kappa shape index (κ2) is 6.84. The van der Waals surface area contributed by atoms with Crippen LogP contribution in [-0.4, -0.2) is 37.4 Å². The SMILES string of the molecule is CCO/C(C)=N\S(=O)(=O)c1nc(-c2cccc(OC)c2)ns1. The minimum atomic E-state index is -3.91. The van der Waals surface area contributed by atoms with Crippen molar-refractivity contribution in [3.8, 4) is 17.1 Å². The number of sulfonamides is 1. The van der Waals surface area contributed by atoms with Gasteiger partial charge in [0.25, 0.3) is 4.34 Å². The molecule has 0 saturated carbocycles. The summed E-state index contributed by atoms with van der Waals surface area (Å²) in [6.07, 6.45) is 0. The summed E-state index contributed by atoms with van der Waals surface area (Å²) >= 11 is 0.772. The van der Waals surface area contributed by atoms with Crippen molar-refractivity contribution < 1.29 is 17.9 Å². The maximum atomic E-state index is 12.1. The standard InChI is InChI=1S/C13H15N3O4S2/c1-4-20-9(2)16-22(17,18)13-14-12(15-21-13)10-6-5-7-11(8-10)19-3/h5-8H,4H2,1-3H3/b16-9-. The highest BCUT2D eigenvalue weighted by Gasteiger charge is 2.20. The van der Waals surface area contributed by atoms with E-state index in [-0.39, 0.29) is 10.2 Å². The van der Waals surface area contributed by atoms with Crippen molar-refractivity contribution in [2.45, 2.75) is 18.2 Å². The largest absolute Gasteiger partial charge is 0.497 e. The van der Waals surface area contributed by atoms with E-state index in [1.54, 1.807) is 38.3 Å². The maximum absolute atomic E-state index is 12.1. The first-order chi connectivity index (χ1) is 10.5. The van der Waals surface area contributed by atoms with Crippen LogP contribution in [0.4, 0.5) is 0 Å². The van der Waals surface area contributed by atoms with E-state index in [0.29, 0.717) is 23.7 Å². The molecule has 0 unspecified atom stereocenters. The smallest absolute Gasteiger partial charge is 0.314 e. The molecule has 2 rings (SSSR count). The third kappa shape index (κ3) is 3.80. The minimum Gasteiger partial charge on any atom is -0.497 e. The van der Waals surface area contributed by atoms with E-state index in [1.807, 2.05) is 0 Å². The van der Waals surface area contributed by atoms with Crippen LogP contribution < -0.4 is 4.74 Å². The van der Waals surface area contributed by atoms with Crippen LogP contribution >= 0.6 is 11.5 Å². The Kier molecular flexibility index (Phi) is 5.09. The topological polar surface area (TPSA) is 90.7 Å². The molecular formula is C13H15N3O4S2. The predicted octanol–water partition coefficient (Wildman–Crippen LogP) is 2.36. The summed E-state index contributed by atoms with van der Waals surface area (Å²) in [5.41, 5.74) is 0.669. The molecule has 0 aliphatic carbocycles. The van der Waals surface area contributed by atoms with Gasteiger partial charge in [0.15, 0.2) is 11.7 Å². The quantitative estimate of drug-likeness (QED) is 0.612. The average molecular weight is 341 g/mol. The third-order valence-electron chi connectivity index (χ3n) is 2.56. The average Bonchev–Trinajstić information content (AvgIpc) is 2.98. The Bertz CT molecular complexity index is 784. The van der Waals surface area contributed by atoms with E-state index in [4.69, 9.17) is 9.47 Å². The second-order valence-corrected chi connectivity index (χ2v) is 6.66. The molecule has 0 fully saturated rings. The highest BCUT2D eigenvalue weighted by molar-refractivity contribution is 7.92. The Morgan fingerprint density at radius 3 is 2.86 bits per heavy atom. The van der Waals surface area contributed by atoms with Gasteiger partial charge in [0, 0.05) is 24.0 Å². The zero-order valence-electron chi connectivity index (χ0n) is 12.3. The van der Waals surface area contributed by atoms with Gasteiger partial charge in [0.1, 0.15) is 5.75 Å². The molecule has 0 bridgehead atoms. The zero-order chi connectivity index (χ0) is 16.2. The minimum absolute atomic E-state index is 0.0700. The highest BCUT2D eigenvalue weighted by atomic mass is 32.2. The fraction of sp³-hybridized carbons (Fsp3) is 0.308. The Morgan fingerprint density at radius 1 is 1.41 bits per heavy atom. The van der Waals surface area contributed by atoms with Gasteiger partial charge in [0.05, 0.1) is 13.7 Å². The Morgan fingerprint density at radius 2 is 2.18 bits per heavy atom. The highest BCUT2D eigenvalue weighted by Crippen LogP contribution is 2.25. The monoisotopic (exact) mass is 341 g/mol. The van der Waals surface area contributed by atoms with Gasteiger partial charge in [-0.25, -0.2) is 4.98 Å². The van der Waals surface area contributed by atoms with Crippen LogP contribution in [0.3, 0.4) is 0 Å². The lowest BCUT2D eigenvalue weighted by atomic mass is 10.2. The van der Waals surface area contributed by atoms with Gasteiger partial charge >= 0.3 is 10.0 Å². The molecule has 0 N–H and O–H groups in total.